The Balaban J connectivity index is 3.37. The largest absolute Gasteiger partial charge is 0.493 e. The van der Waals surface area contributed by atoms with Crippen molar-refractivity contribution < 1.29 is 18.3 Å². The minimum atomic E-state index is -0.943. The van der Waals surface area contributed by atoms with Crippen molar-refractivity contribution in [3.63, 3.8) is 0 Å². The molecule has 17 heavy (non-hydrogen) atoms. The lowest BCUT2D eigenvalue weighted by Crippen LogP contribution is -2.09. The van der Waals surface area contributed by atoms with Gasteiger partial charge in [0.25, 0.3) is 0 Å². The number of hydrogen-bond donors (Lipinski definition) is 1. The lowest BCUT2D eigenvalue weighted by Gasteiger charge is -2.18. The third-order valence-corrected chi connectivity index (χ3v) is 2.69. The van der Waals surface area contributed by atoms with Crippen LogP contribution in [0.4, 0.5) is 8.78 Å². The summed E-state index contributed by atoms with van der Waals surface area (Å²) in [6.45, 7) is 2.16. The van der Waals surface area contributed by atoms with Gasteiger partial charge in [0, 0.05) is 11.6 Å². The Morgan fingerprint density at radius 2 is 1.94 bits per heavy atom. The standard InChI is InChI=1S/C12H17F2NO2/c1-7(4-5-15)10-11(14)8(13)6-9(16-2)12(10)17-3/h6-7H,4-5,15H2,1-3H3. The summed E-state index contributed by atoms with van der Waals surface area (Å²) in [7, 11) is 2.78. The molecule has 2 N–H and O–H groups in total. The highest BCUT2D eigenvalue weighted by Crippen LogP contribution is 2.39. The van der Waals surface area contributed by atoms with Crippen LogP contribution < -0.4 is 15.2 Å². The van der Waals surface area contributed by atoms with E-state index in [4.69, 9.17) is 15.2 Å². The van der Waals surface area contributed by atoms with E-state index >= 15 is 0 Å². The molecule has 0 aliphatic rings. The fourth-order valence-corrected chi connectivity index (χ4v) is 1.80. The van der Waals surface area contributed by atoms with Gasteiger partial charge >= 0.3 is 0 Å². The maximum Gasteiger partial charge on any atom is 0.167 e. The molecule has 0 heterocycles. The van der Waals surface area contributed by atoms with Crippen LogP contribution in [0.5, 0.6) is 11.5 Å². The van der Waals surface area contributed by atoms with Gasteiger partial charge in [0.1, 0.15) is 0 Å². The van der Waals surface area contributed by atoms with Crippen molar-refractivity contribution in [3.8, 4) is 11.5 Å². The molecule has 96 valence electrons. The monoisotopic (exact) mass is 245 g/mol. The van der Waals surface area contributed by atoms with E-state index in [9.17, 15) is 8.78 Å². The van der Waals surface area contributed by atoms with Crippen LogP contribution in [0.15, 0.2) is 6.07 Å². The smallest absolute Gasteiger partial charge is 0.167 e. The van der Waals surface area contributed by atoms with Gasteiger partial charge in [-0.05, 0) is 18.9 Å². The molecule has 0 saturated heterocycles. The topological polar surface area (TPSA) is 44.5 Å². The summed E-state index contributed by atoms with van der Waals surface area (Å²) in [6, 6.07) is 0.979. The van der Waals surface area contributed by atoms with Gasteiger partial charge < -0.3 is 15.2 Å². The van der Waals surface area contributed by atoms with Crippen LogP contribution in [0, 0.1) is 11.6 Å². The van der Waals surface area contributed by atoms with Gasteiger partial charge in [0.05, 0.1) is 14.2 Å². The minimum Gasteiger partial charge on any atom is -0.493 e. The SMILES string of the molecule is COc1cc(F)c(F)c(C(C)CCN)c1OC. The molecule has 1 aromatic carbocycles. The number of benzene rings is 1. The van der Waals surface area contributed by atoms with Crippen LogP contribution in [-0.4, -0.2) is 20.8 Å². The zero-order valence-electron chi connectivity index (χ0n) is 10.2. The Bertz CT molecular complexity index is 397. The first-order chi connectivity index (χ1) is 8.06. The van der Waals surface area contributed by atoms with Crippen molar-refractivity contribution >= 4 is 0 Å². The second kappa shape index (κ2) is 5.82. The molecule has 0 aromatic heterocycles. The Labute approximate surface area is 99.5 Å². The second-order valence-electron chi connectivity index (χ2n) is 3.80. The lowest BCUT2D eigenvalue weighted by atomic mass is 9.95. The van der Waals surface area contributed by atoms with Crippen LogP contribution in [-0.2, 0) is 0 Å². The van der Waals surface area contributed by atoms with Crippen molar-refractivity contribution in [2.24, 2.45) is 5.73 Å². The van der Waals surface area contributed by atoms with Gasteiger partial charge in [-0.2, -0.15) is 0 Å². The number of halogens is 2. The van der Waals surface area contributed by atoms with Crippen molar-refractivity contribution in [1.29, 1.82) is 0 Å². The molecule has 0 radical (unpaired) electrons. The summed E-state index contributed by atoms with van der Waals surface area (Å²) >= 11 is 0. The van der Waals surface area contributed by atoms with Crippen molar-refractivity contribution in [2.45, 2.75) is 19.3 Å². The summed E-state index contributed by atoms with van der Waals surface area (Å²) in [6.07, 6.45) is 0.542. The van der Waals surface area contributed by atoms with Gasteiger partial charge in [-0.15, -0.1) is 0 Å². The Kier molecular flexibility index (Phi) is 4.69. The summed E-state index contributed by atoms with van der Waals surface area (Å²) in [5, 5.41) is 0. The molecule has 0 amide bonds. The van der Waals surface area contributed by atoms with E-state index < -0.39 is 11.6 Å². The molecule has 1 rings (SSSR count). The molecule has 1 unspecified atom stereocenters. The number of methoxy groups -OCH3 is 2. The van der Waals surface area contributed by atoms with E-state index in [0.29, 0.717) is 13.0 Å². The normalized spacial score (nSPS) is 12.4. The molecule has 5 heteroatoms. The van der Waals surface area contributed by atoms with E-state index in [1.54, 1.807) is 6.92 Å². The maximum atomic E-state index is 13.8. The molecule has 3 nitrogen and oxygen atoms in total. The molecule has 1 atom stereocenters. The Morgan fingerprint density at radius 3 is 2.41 bits per heavy atom. The first kappa shape index (κ1) is 13.7. The quantitative estimate of drug-likeness (QED) is 0.866. The predicted octanol–water partition coefficient (Wildman–Crippen LogP) is 2.43. The van der Waals surface area contributed by atoms with Gasteiger partial charge in [-0.25, -0.2) is 8.78 Å². The van der Waals surface area contributed by atoms with Crippen LogP contribution >= 0.6 is 0 Å². The fraction of sp³-hybridized carbons (Fsp3) is 0.500. The minimum absolute atomic E-state index is 0.176. The van der Waals surface area contributed by atoms with Gasteiger partial charge in [0.15, 0.2) is 23.1 Å². The summed E-state index contributed by atoms with van der Waals surface area (Å²) < 4.78 is 37.3. The molecule has 0 aliphatic heterocycles. The molecule has 0 bridgehead atoms. The maximum absolute atomic E-state index is 13.8. The number of ether oxygens (including phenoxy) is 2. The Morgan fingerprint density at radius 1 is 1.29 bits per heavy atom. The number of hydrogen-bond acceptors (Lipinski definition) is 3. The third-order valence-electron chi connectivity index (χ3n) is 2.69. The zero-order valence-corrected chi connectivity index (χ0v) is 10.2. The van der Waals surface area contributed by atoms with E-state index in [-0.39, 0.29) is 23.0 Å². The average molecular weight is 245 g/mol. The molecular weight excluding hydrogens is 228 g/mol. The van der Waals surface area contributed by atoms with Crippen LogP contribution in [0.3, 0.4) is 0 Å². The third kappa shape index (κ3) is 2.66. The highest BCUT2D eigenvalue weighted by Gasteiger charge is 2.23. The first-order valence-corrected chi connectivity index (χ1v) is 5.36. The molecular formula is C12H17F2NO2. The summed E-state index contributed by atoms with van der Waals surface area (Å²) in [5.74, 6) is -1.66. The summed E-state index contributed by atoms with van der Waals surface area (Å²) in [4.78, 5) is 0. The van der Waals surface area contributed by atoms with E-state index in [1.165, 1.54) is 14.2 Å². The number of nitrogens with two attached hydrogens (primary N) is 1. The Hall–Kier alpha value is -1.36. The molecule has 1 aromatic rings. The van der Waals surface area contributed by atoms with Crippen LogP contribution in [0.1, 0.15) is 24.8 Å². The molecule has 0 saturated carbocycles. The first-order valence-electron chi connectivity index (χ1n) is 5.36. The van der Waals surface area contributed by atoms with E-state index in [1.807, 2.05) is 0 Å². The van der Waals surface area contributed by atoms with Gasteiger partial charge in [-0.3, -0.25) is 0 Å². The second-order valence-corrected chi connectivity index (χ2v) is 3.80. The zero-order chi connectivity index (χ0) is 13.0. The van der Waals surface area contributed by atoms with Crippen LogP contribution in [0.2, 0.25) is 0 Å². The number of rotatable bonds is 5. The van der Waals surface area contributed by atoms with Gasteiger partial charge in [-0.1, -0.05) is 6.92 Å². The predicted molar refractivity (Wildman–Crippen MR) is 61.5 cm³/mol. The molecule has 0 aliphatic carbocycles. The molecule has 0 spiro atoms. The lowest BCUT2D eigenvalue weighted by molar-refractivity contribution is 0.338. The fourth-order valence-electron chi connectivity index (χ4n) is 1.80. The van der Waals surface area contributed by atoms with Gasteiger partial charge in [0.2, 0.25) is 0 Å². The van der Waals surface area contributed by atoms with E-state index in [0.717, 1.165) is 6.07 Å². The highest BCUT2D eigenvalue weighted by atomic mass is 19.2. The van der Waals surface area contributed by atoms with Crippen molar-refractivity contribution in [3.05, 3.63) is 23.3 Å². The van der Waals surface area contributed by atoms with Crippen molar-refractivity contribution in [1.82, 2.24) is 0 Å². The summed E-state index contributed by atoms with van der Waals surface area (Å²) in [5.41, 5.74) is 5.60. The van der Waals surface area contributed by atoms with Crippen molar-refractivity contribution in [2.75, 3.05) is 20.8 Å². The van der Waals surface area contributed by atoms with E-state index in [2.05, 4.69) is 0 Å². The highest BCUT2D eigenvalue weighted by molar-refractivity contribution is 5.49. The average Bonchev–Trinajstić information content (AvgIpc) is 2.31. The molecule has 0 fully saturated rings. The van der Waals surface area contributed by atoms with Crippen LogP contribution in [0.25, 0.3) is 0 Å².